The average Bonchev–Trinajstić information content (AvgIpc) is 2.43. The maximum atomic E-state index is 12.1. The number of carbonyl (C=O) groups is 1. The Morgan fingerprint density at radius 2 is 2.17 bits per heavy atom. The number of rotatable bonds is 3. The normalized spacial score (nSPS) is 27.3. The Labute approximate surface area is 133 Å². The minimum atomic E-state index is -0.988. The second-order valence-electron chi connectivity index (χ2n) is 5.80. The molecule has 8 heteroatoms. The number of allylic oxidation sites excluding steroid dienone is 1. The molecule has 4 atom stereocenters. The Morgan fingerprint density at radius 3 is 2.74 bits per heavy atom. The number of hydrogen-bond acceptors (Lipinski definition) is 6. The first kappa shape index (κ1) is 17.3. The Kier molecular flexibility index (Phi) is 5.30. The molecule has 0 radical (unpaired) electrons. The lowest BCUT2D eigenvalue weighted by Gasteiger charge is -2.35. The first-order chi connectivity index (χ1) is 10.8. The van der Waals surface area contributed by atoms with Crippen LogP contribution < -0.4 is 11.0 Å². The SMILES string of the molecule is CC(C)=CC(=O)Nc1ccn([C@H]2C[C@@H](O)[C@H](O)[C@@H](C)O2)c(=O)n1. The van der Waals surface area contributed by atoms with E-state index in [0.29, 0.717) is 0 Å². The smallest absolute Gasteiger partial charge is 0.351 e. The first-order valence-electron chi connectivity index (χ1n) is 7.34. The molecule has 1 amide bonds. The van der Waals surface area contributed by atoms with Gasteiger partial charge in [-0.3, -0.25) is 9.36 Å². The molecule has 23 heavy (non-hydrogen) atoms. The summed E-state index contributed by atoms with van der Waals surface area (Å²) in [5.74, 6) is -0.228. The van der Waals surface area contributed by atoms with Crippen molar-refractivity contribution in [1.82, 2.24) is 9.55 Å². The van der Waals surface area contributed by atoms with E-state index in [9.17, 15) is 19.8 Å². The number of aliphatic hydroxyl groups is 2. The largest absolute Gasteiger partial charge is 0.390 e. The van der Waals surface area contributed by atoms with Crippen LogP contribution in [0, 0.1) is 0 Å². The van der Waals surface area contributed by atoms with Crippen LogP contribution in [0.3, 0.4) is 0 Å². The van der Waals surface area contributed by atoms with Crippen LogP contribution in [0.5, 0.6) is 0 Å². The van der Waals surface area contributed by atoms with Crippen LogP contribution in [0.4, 0.5) is 5.82 Å². The van der Waals surface area contributed by atoms with Crippen molar-refractivity contribution in [3.05, 3.63) is 34.4 Å². The molecule has 1 aromatic heterocycles. The van der Waals surface area contributed by atoms with E-state index in [-0.39, 0.29) is 18.1 Å². The van der Waals surface area contributed by atoms with Crippen molar-refractivity contribution in [3.63, 3.8) is 0 Å². The van der Waals surface area contributed by atoms with Crippen molar-refractivity contribution in [1.29, 1.82) is 0 Å². The van der Waals surface area contributed by atoms with Gasteiger partial charge in [-0.2, -0.15) is 4.98 Å². The molecule has 2 heterocycles. The molecular formula is C15H21N3O5. The van der Waals surface area contributed by atoms with Crippen molar-refractivity contribution in [3.8, 4) is 0 Å². The lowest BCUT2D eigenvalue weighted by molar-refractivity contribution is -0.185. The molecule has 3 N–H and O–H groups in total. The van der Waals surface area contributed by atoms with Gasteiger partial charge in [-0.25, -0.2) is 4.79 Å². The van der Waals surface area contributed by atoms with Gasteiger partial charge in [-0.05, 0) is 26.8 Å². The molecule has 1 aliphatic heterocycles. The number of nitrogens with one attached hydrogen (secondary N) is 1. The highest BCUT2D eigenvalue weighted by Gasteiger charge is 2.35. The highest BCUT2D eigenvalue weighted by atomic mass is 16.5. The Balaban J connectivity index is 2.15. The van der Waals surface area contributed by atoms with Crippen LogP contribution in [0.2, 0.25) is 0 Å². The molecule has 0 bridgehead atoms. The van der Waals surface area contributed by atoms with E-state index in [1.165, 1.54) is 22.9 Å². The highest BCUT2D eigenvalue weighted by molar-refractivity contribution is 5.98. The van der Waals surface area contributed by atoms with Gasteiger partial charge in [0.05, 0.1) is 12.2 Å². The van der Waals surface area contributed by atoms with Crippen LogP contribution in [0.15, 0.2) is 28.7 Å². The van der Waals surface area contributed by atoms with Gasteiger partial charge in [-0.1, -0.05) is 5.57 Å². The monoisotopic (exact) mass is 323 g/mol. The zero-order valence-electron chi connectivity index (χ0n) is 13.3. The fourth-order valence-electron chi connectivity index (χ4n) is 2.35. The maximum absolute atomic E-state index is 12.1. The van der Waals surface area contributed by atoms with Crippen molar-refractivity contribution in [2.75, 3.05) is 5.32 Å². The molecule has 1 aromatic rings. The van der Waals surface area contributed by atoms with E-state index in [4.69, 9.17) is 4.74 Å². The van der Waals surface area contributed by atoms with Gasteiger partial charge in [0.2, 0.25) is 5.91 Å². The average molecular weight is 323 g/mol. The summed E-state index contributed by atoms with van der Waals surface area (Å²) in [6.07, 6.45) is -0.369. The summed E-state index contributed by atoms with van der Waals surface area (Å²) >= 11 is 0. The molecule has 0 aromatic carbocycles. The third-order valence-corrected chi connectivity index (χ3v) is 3.50. The maximum Gasteiger partial charge on any atom is 0.351 e. The molecule has 0 unspecified atom stereocenters. The molecule has 126 valence electrons. The molecule has 0 saturated carbocycles. The summed E-state index contributed by atoms with van der Waals surface area (Å²) in [7, 11) is 0. The summed E-state index contributed by atoms with van der Waals surface area (Å²) in [4.78, 5) is 27.5. The minimum Gasteiger partial charge on any atom is -0.390 e. The predicted octanol–water partition coefficient (Wildman–Crippen LogP) is 0.177. The zero-order chi connectivity index (χ0) is 17.1. The summed E-state index contributed by atoms with van der Waals surface area (Å²) in [5, 5.41) is 22.0. The second-order valence-corrected chi connectivity index (χ2v) is 5.80. The number of nitrogens with zero attached hydrogens (tertiary/aromatic N) is 2. The number of aromatic nitrogens is 2. The van der Waals surface area contributed by atoms with Crippen LogP contribution in [0.25, 0.3) is 0 Å². The van der Waals surface area contributed by atoms with Gasteiger partial charge in [0.25, 0.3) is 0 Å². The van der Waals surface area contributed by atoms with Gasteiger partial charge in [0.15, 0.2) is 0 Å². The third-order valence-electron chi connectivity index (χ3n) is 3.50. The third kappa shape index (κ3) is 4.25. The van der Waals surface area contributed by atoms with Gasteiger partial charge >= 0.3 is 5.69 Å². The summed E-state index contributed by atoms with van der Waals surface area (Å²) < 4.78 is 6.75. The molecule has 1 saturated heterocycles. The van der Waals surface area contributed by atoms with Crippen LogP contribution in [0.1, 0.15) is 33.4 Å². The van der Waals surface area contributed by atoms with Crippen LogP contribution in [-0.2, 0) is 9.53 Å². The number of anilines is 1. The molecule has 0 aliphatic carbocycles. The quantitative estimate of drug-likeness (QED) is 0.684. The van der Waals surface area contributed by atoms with Gasteiger partial charge in [0, 0.05) is 18.7 Å². The van der Waals surface area contributed by atoms with E-state index in [0.717, 1.165) is 5.57 Å². The molecule has 0 spiro atoms. The van der Waals surface area contributed by atoms with Gasteiger partial charge in [0.1, 0.15) is 18.1 Å². The molecule has 2 rings (SSSR count). The first-order valence-corrected chi connectivity index (χ1v) is 7.34. The molecule has 1 fully saturated rings. The predicted molar refractivity (Wildman–Crippen MR) is 82.8 cm³/mol. The molecule has 8 nitrogen and oxygen atoms in total. The molecule has 1 aliphatic rings. The van der Waals surface area contributed by atoms with E-state index < -0.39 is 30.2 Å². The lowest BCUT2D eigenvalue weighted by atomic mass is 10.0. The Morgan fingerprint density at radius 1 is 1.48 bits per heavy atom. The van der Waals surface area contributed by atoms with E-state index in [1.807, 2.05) is 0 Å². The Bertz CT molecular complexity index is 653. The number of hydrogen-bond donors (Lipinski definition) is 3. The van der Waals surface area contributed by atoms with E-state index >= 15 is 0 Å². The number of aliphatic hydroxyl groups excluding tert-OH is 2. The van der Waals surface area contributed by atoms with E-state index in [2.05, 4.69) is 10.3 Å². The van der Waals surface area contributed by atoms with Crippen molar-refractivity contribution < 1.29 is 19.7 Å². The minimum absolute atomic E-state index is 0.0799. The summed E-state index contributed by atoms with van der Waals surface area (Å²) in [5.41, 5.74) is 0.216. The number of ether oxygens (including phenoxy) is 1. The standard InChI is InChI=1S/C15H21N3O5/c1-8(2)6-12(20)16-11-4-5-18(15(22)17-11)13-7-10(19)14(21)9(3)23-13/h4-6,9-10,13-14,19,21H,7H2,1-3H3,(H,16,17,20,22)/t9-,10-,13-,14-/m1/s1. The van der Waals surface area contributed by atoms with Crippen LogP contribution in [-0.4, -0.2) is 44.0 Å². The van der Waals surface area contributed by atoms with E-state index in [1.54, 1.807) is 20.8 Å². The highest BCUT2D eigenvalue weighted by Crippen LogP contribution is 2.26. The number of amides is 1. The van der Waals surface area contributed by atoms with Gasteiger partial charge < -0.3 is 20.3 Å². The van der Waals surface area contributed by atoms with Crippen molar-refractivity contribution in [2.45, 2.75) is 51.7 Å². The van der Waals surface area contributed by atoms with Crippen molar-refractivity contribution in [2.24, 2.45) is 0 Å². The summed E-state index contributed by atoms with van der Waals surface area (Å²) in [6, 6.07) is 1.48. The Hall–Kier alpha value is -2.03. The van der Waals surface area contributed by atoms with Gasteiger partial charge in [-0.15, -0.1) is 0 Å². The lowest BCUT2D eigenvalue weighted by Crippen LogP contribution is -2.47. The molecular weight excluding hydrogens is 302 g/mol. The fourth-order valence-corrected chi connectivity index (χ4v) is 2.35. The van der Waals surface area contributed by atoms with Crippen LogP contribution >= 0.6 is 0 Å². The second kappa shape index (κ2) is 7.03. The fraction of sp³-hybridized carbons (Fsp3) is 0.533. The topological polar surface area (TPSA) is 114 Å². The van der Waals surface area contributed by atoms with Crippen molar-refractivity contribution >= 4 is 11.7 Å². The summed E-state index contributed by atoms with van der Waals surface area (Å²) in [6.45, 7) is 5.19. The zero-order valence-corrected chi connectivity index (χ0v) is 13.3. The number of carbonyl (C=O) groups excluding carboxylic acids is 1.